The SMILES string of the molecule is O=C(NC1CCCCC1)OCSc1ccccc1. The number of hydrogen-bond acceptors (Lipinski definition) is 3. The monoisotopic (exact) mass is 265 g/mol. The molecule has 1 fully saturated rings. The van der Waals surface area contributed by atoms with E-state index >= 15 is 0 Å². The van der Waals surface area contributed by atoms with Crippen LogP contribution in [0.5, 0.6) is 0 Å². The van der Waals surface area contributed by atoms with E-state index in [9.17, 15) is 4.79 Å². The van der Waals surface area contributed by atoms with Crippen molar-refractivity contribution in [3.05, 3.63) is 30.3 Å². The van der Waals surface area contributed by atoms with Crippen molar-refractivity contribution >= 4 is 17.9 Å². The summed E-state index contributed by atoms with van der Waals surface area (Å²) in [6, 6.07) is 10.3. The number of hydrogen-bond donors (Lipinski definition) is 1. The lowest BCUT2D eigenvalue weighted by atomic mass is 9.96. The number of carbonyl (C=O) groups is 1. The first-order valence-electron chi connectivity index (χ1n) is 6.46. The molecule has 1 aromatic rings. The average molecular weight is 265 g/mol. The molecule has 0 atom stereocenters. The van der Waals surface area contributed by atoms with Gasteiger partial charge in [-0.15, -0.1) is 0 Å². The molecule has 0 aromatic heterocycles. The van der Waals surface area contributed by atoms with Gasteiger partial charge >= 0.3 is 6.09 Å². The minimum Gasteiger partial charge on any atom is -0.438 e. The standard InChI is InChI=1S/C14H19NO2S/c16-14(15-12-7-3-1-4-8-12)17-11-18-13-9-5-2-6-10-13/h2,5-6,9-10,12H,1,3-4,7-8,11H2,(H,15,16). The first-order chi connectivity index (χ1) is 8.84. The summed E-state index contributed by atoms with van der Waals surface area (Å²) < 4.78 is 5.16. The van der Waals surface area contributed by atoms with Crippen LogP contribution >= 0.6 is 11.8 Å². The summed E-state index contributed by atoms with van der Waals surface area (Å²) in [5.41, 5.74) is 0. The van der Waals surface area contributed by atoms with E-state index in [1.165, 1.54) is 31.0 Å². The second-order valence-corrected chi connectivity index (χ2v) is 5.48. The van der Waals surface area contributed by atoms with E-state index in [2.05, 4.69) is 5.32 Å². The zero-order chi connectivity index (χ0) is 12.6. The Morgan fingerprint density at radius 1 is 1.22 bits per heavy atom. The summed E-state index contributed by atoms with van der Waals surface area (Å²) in [5, 5.41) is 2.93. The number of nitrogens with one attached hydrogen (secondary N) is 1. The van der Waals surface area contributed by atoms with Crippen molar-refractivity contribution in [2.45, 2.75) is 43.0 Å². The number of rotatable bonds is 4. The molecule has 98 valence electrons. The van der Waals surface area contributed by atoms with Crippen LogP contribution in [-0.4, -0.2) is 18.1 Å². The van der Waals surface area contributed by atoms with Crippen molar-refractivity contribution in [3.8, 4) is 0 Å². The van der Waals surface area contributed by atoms with E-state index < -0.39 is 0 Å². The van der Waals surface area contributed by atoms with Crippen LogP contribution in [0.2, 0.25) is 0 Å². The molecule has 1 saturated carbocycles. The Kier molecular flexibility index (Phi) is 5.39. The minimum absolute atomic E-state index is 0.287. The molecule has 0 bridgehead atoms. The Bertz CT molecular complexity index is 363. The highest BCUT2D eigenvalue weighted by atomic mass is 32.2. The first-order valence-corrected chi connectivity index (χ1v) is 7.44. The van der Waals surface area contributed by atoms with E-state index in [1.54, 1.807) is 0 Å². The largest absolute Gasteiger partial charge is 0.438 e. The third kappa shape index (κ3) is 4.61. The van der Waals surface area contributed by atoms with Crippen LogP contribution in [0.25, 0.3) is 0 Å². The third-order valence-corrected chi connectivity index (χ3v) is 3.93. The average Bonchev–Trinajstić information content (AvgIpc) is 2.41. The van der Waals surface area contributed by atoms with E-state index in [1.807, 2.05) is 30.3 Å². The molecule has 0 aliphatic heterocycles. The van der Waals surface area contributed by atoms with Crippen molar-refractivity contribution in [2.75, 3.05) is 5.94 Å². The van der Waals surface area contributed by atoms with Gasteiger partial charge in [-0.05, 0) is 25.0 Å². The van der Waals surface area contributed by atoms with E-state index in [-0.39, 0.29) is 6.09 Å². The Hall–Kier alpha value is -1.16. The number of alkyl carbamates (subject to hydrolysis) is 1. The lowest BCUT2D eigenvalue weighted by molar-refractivity contribution is 0.158. The normalized spacial score (nSPS) is 16.2. The van der Waals surface area contributed by atoms with Gasteiger partial charge in [-0.25, -0.2) is 4.79 Å². The topological polar surface area (TPSA) is 38.3 Å². The number of carbonyl (C=O) groups excluding carboxylic acids is 1. The quantitative estimate of drug-likeness (QED) is 0.665. The molecule has 0 spiro atoms. The van der Waals surface area contributed by atoms with Gasteiger partial charge in [0.15, 0.2) is 0 Å². The van der Waals surface area contributed by atoms with Crippen molar-refractivity contribution in [1.82, 2.24) is 5.32 Å². The number of ether oxygens (including phenoxy) is 1. The molecule has 1 amide bonds. The lowest BCUT2D eigenvalue weighted by Gasteiger charge is -2.22. The van der Waals surface area contributed by atoms with E-state index in [4.69, 9.17) is 4.74 Å². The highest BCUT2D eigenvalue weighted by Crippen LogP contribution is 2.19. The molecular formula is C14H19NO2S. The predicted octanol–water partition coefficient (Wildman–Crippen LogP) is 3.80. The molecule has 0 heterocycles. The summed E-state index contributed by atoms with van der Waals surface area (Å²) >= 11 is 1.53. The summed E-state index contributed by atoms with van der Waals surface area (Å²) in [4.78, 5) is 12.7. The fourth-order valence-corrected chi connectivity index (χ4v) is 2.77. The predicted molar refractivity (Wildman–Crippen MR) is 73.7 cm³/mol. The second kappa shape index (κ2) is 7.31. The van der Waals surface area contributed by atoms with Crippen LogP contribution in [0.3, 0.4) is 0 Å². The molecule has 18 heavy (non-hydrogen) atoms. The molecule has 0 saturated heterocycles. The van der Waals surface area contributed by atoms with Crippen LogP contribution in [0.15, 0.2) is 35.2 Å². The van der Waals surface area contributed by atoms with Gasteiger partial charge in [-0.2, -0.15) is 0 Å². The van der Waals surface area contributed by atoms with Crippen LogP contribution in [-0.2, 0) is 4.74 Å². The second-order valence-electron chi connectivity index (χ2n) is 4.49. The Balaban J connectivity index is 1.62. The van der Waals surface area contributed by atoms with Crippen molar-refractivity contribution in [2.24, 2.45) is 0 Å². The molecule has 1 aliphatic rings. The molecular weight excluding hydrogens is 246 g/mol. The number of benzene rings is 1. The van der Waals surface area contributed by atoms with Crippen LogP contribution in [0, 0.1) is 0 Å². The zero-order valence-corrected chi connectivity index (χ0v) is 11.2. The van der Waals surface area contributed by atoms with Gasteiger partial charge in [-0.1, -0.05) is 49.2 Å². The van der Waals surface area contributed by atoms with Crippen molar-refractivity contribution < 1.29 is 9.53 Å². The molecule has 0 radical (unpaired) electrons. The minimum atomic E-state index is -0.287. The summed E-state index contributed by atoms with van der Waals surface area (Å²) in [5.74, 6) is 0.364. The Morgan fingerprint density at radius 3 is 2.67 bits per heavy atom. The molecule has 2 rings (SSSR count). The van der Waals surface area contributed by atoms with E-state index in [0.717, 1.165) is 17.7 Å². The smallest absolute Gasteiger partial charge is 0.408 e. The highest BCUT2D eigenvalue weighted by Gasteiger charge is 2.15. The Morgan fingerprint density at radius 2 is 1.94 bits per heavy atom. The zero-order valence-electron chi connectivity index (χ0n) is 10.4. The van der Waals surface area contributed by atoms with Gasteiger partial charge in [0.2, 0.25) is 0 Å². The van der Waals surface area contributed by atoms with Gasteiger partial charge in [0, 0.05) is 10.9 Å². The Labute approximate surface area is 112 Å². The van der Waals surface area contributed by atoms with Gasteiger partial charge in [0.25, 0.3) is 0 Å². The van der Waals surface area contributed by atoms with Gasteiger partial charge < -0.3 is 10.1 Å². The summed E-state index contributed by atoms with van der Waals surface area (Å²) in [6.07, 6.45) is 5.59. The lowest BCUT2D eigenvalue weighted by Crippen LogP contribution is -2.36. The van der Waals surface area contributed by atoms with Gasteiger partial charge in [-0.3, -0.25) is 0 Å². The van der Waals surface area contributed by atoms with Crippen molar-refractivity contribution in [1.29, 1.82) is 0 Å². The fraction of sp³-hybridized carbons (Fsp3) is 0.500. The summed E-state index contributed by atoms with van der Waals surface area (Å²) in [7, 11) is 0. The number of thioether (sulfide) groups is 1. The van der Waals surface area contributed by atoms with Crippen LogP contribution in [0.4, 0.5) is 4.79 Å². The maximum atomic E-state index is 11.6. The molecule has 1 N–H and O–H groups in total. The molecule has 1 aromatic carbocycles. The van der Waals surface area contributed by atoms with E-state index in [0.29, 0.717) is 12.0 Å². The van der Waals surface area contributed by atoms with Crippen LogP contribution in [0.1, 0.15) is 32.1 Å². The molecule has 4 heteroatoms. The van der Waals surface area contributed by atoms with Crippen molar-refractivity contribution in [3.63, 3.8) is 0 Å². The first kappa shape index (κ1) is 13.3. The maximum Gasteiger partial charge on any atom is 0.408 e. The molecule has 1 aliphatic carbocycles. The van der Waals surface area contributed by atoms with Gasteiger partial charge in [0.05, 0.1) is 0 Å². The van der Waals surface area contributed by atoms with Gasteiger partial charge in [0.1, 0.15) is 5.94 Å². The summed E-state index contributed by atoms with van der Waals surface area (Å²) in [6.45, 7) is 0. The number of amides is 1. The highest BCUT2D eigenvalue weighted by molar-refractivity contribution is 7.99. The third-order valence-electron chi connectivity index (χ3n) is 3.09. The maximum absolute atomic E-state index is 11.6. The molecule has 3 nitrogen and oxygen atoms in total. The molecule has 0 unspecified atom stereocenters. The fourth-order valence-electron chi connectivity index (χ4n) is 2.12. The van der Waals surface area contributed by atoms with Crippen LogP contribution < -0.4 is 5.32 Å².